The van der Waals surface area contributed by atoms with Crippen LogP contribution in [0.4, 0.5) is 4.39 Å². The molecule has 7 heteroatoms. The van der Waals surface area contributed by atoms with Gasteiger partial charge in [0.15, 0.2) is 5.69 Å². The lowest BCUT2D eigenvalue weighted by Gasteiger charge is -2.23. The van der Waals surface area contributed by atoms with Gasteiger partial charge in [0.2, 0.25) is 0 Å². The minimum Gasteiger partial charge on any atom is -0.396 e. The fraction of sp³-hybridized carbons (Fsp3) is 0.471. The molecule has 3 rings (SSSR count). The Morgan fingerprint density at radius 3 is 2.75 bits per heavy atom. The van der Waals surface area contributed by atoms with Gasteiger partial charge in [-0.3, -0.25) is 4.79 Å². The summed E-state index contributed by atoms with van der Waals surface area (Å²) in [4.78, 5) is 12.4. The molecule has 1 aliphatic carbocycles. The van der Waals surface area contributed by atoms with Crippen molar-refractivity contribution in [1.29, 1.82) is 0 Å². The summed E-state index contributed by atoms with van der Waals surface area (Å²) >= 11 is 0. The Morgan fingerprint density at radius 1 is 1.25 bits per heavy atom. The Kier molecular flexibility index (Phi) is 5.20. The standard InChI is InChI=1S/C17H21FN4O2/c18-13-6-8-14(9-7-13)22-10-16(20-21-22)17(24)19-15-5-3-1-2-4-12(15)11-23/h6-10,12,15,23H,1-5,11H2,(H,19,24). The maximum atomic E-state index is 13.0. The molecule has 2 aromatic rings. The number of halogens is 1. The number of aromatic nitrogens is 3. The summed E-state index contributed by atoms with van der Waals surface area (Å²) in [5, 5.41) is 20.3. The third kappa shape index (κ3) is 3.79. The molecule has 0 aliphatic heterocycles. The number of benzene rings is 1. The average molecular weight is 332 g/mol. The van der Waals surface area contributed by atoms with E-state index < -0.39 is 0 Å². The van der Waals surface area contributed by atoms with Crippen molar-refractivity contribution in [2.75, 3.05) is 6.61 Å². The first-order valence-electron chi connectivity index (χ1n) is 8.27. The topological polar surface area (TPSA) is 80.0 Å². The highest BCUT2D eigenvalue weighted by atomic mass is 19.1. The van der Waals surface area contributed by atoms with Crippen molar-refractivity contribution in [3.05, 3.63) is 42.0 Å². The van der Waals surface area contributed by atoms with E-state index in [1.165, 1.54) is 23.0 Å². The molecule has 1 heterocycles. The number of hydrogen-bond acceptors (Lipinski definition) is 4. The first-order chi connectivity index (χ1) is 11.7. The van der Waals surface area contributed by atoms with Crippen LogP contribution in [0.5, 0.6) is 0 Å². The van der Waals surface area contributed by atoms with Crippen molar-refractivity contribution in [2.24, 2.45) is 5.92 Å². The summed E-state index contributed by atoms with van der Waals surface area (Å²) in [6, 6.07) is 5.75. The quantitative estimate of drug-likeness (QED) is 0.840. The zero-order valence-electron chi connectivity index (χ0n) is 13.4. The Hall–Kier alpha value is -2.28. The molecule has 1 aliphatic rings. The molecule has 1 aromatic carbocycles. The van der Waals surface area contributed by atoms with E-state index in [1.54, 1.807) is 12.1 Å². The van der Waals surface area contributed by atoms with Crippen molar-refractivity contribution < 1.29 is 14.3 Å². The maximum Gasteiger partial charge on any atom is 0.273 e. The van der Waals surface area contributed by atoms with Gasteiger partial charge in [0.1, 0.15) is 5.82 Å². The highest BCUT2D eigenvalue weighted by Crippen LogP contribution is 2.23. The molecular formula is C17H21FN4O2. The van der Waals surface area contributed by atoms with Crippen LogP contribution in [0.2, 0.25) is 0 Å². The van der Waals surface area contributed by atoms with Gasteiger partial charge in [-0.15, -0.1) is 5.10 Å². The molecule has 2 N–H and O–H groups in total. The van der Waals surface area contributed by atoms with Gasteiger partial charge in [0.05, 0.1) is 11.9 Å². The fourth-order valence-electron chi connectivity index (χ4n) is 3.12. The van der Waals surface area contributed by atoms with Crippen LogP contribution >= 0.6 is 0 Å². The predicted molar refractivity (Wildman–Crippen MR) is 86.2 cm³/mol. The first kappa shape index (κ1) is 16.6. The molecule has 0 saturated heterocycles. The normalized spacial score (nSPS) is 21.2. The highest BCUT2D eigenvalue weighted by Gasteiger charge is 2.25. The van der Waals surface area contributed by atoms with E-state index in [4.69, 9.17) is 0 Å². The Balaban J connectivity index is 1.70. The number of amides is 1. The van der Waals surface area contributed by atoms with E-state index >= 15 is 0 Å². The highest BCUT2D eigenvalue weighted by molar-refractivity contribution is 5.92. The summed E-state index contributed by atoms with van der Waals surface area (Å²) in [7, 11) is 0. The number of hydrogen-bond donors (Lipinski definition) is 2. The molecular weight excluding hydrogens is 311 g/mol. The minimum absolute atomic E-state index is 0.0408. The number of aliphatic hydroxyl groups is 1. The summed E-state index contributed by atoms with van der Waals surface area (Å²) in [6.07, 6.45) is 6.56. The predicted octanol–water partition coefficient (Wildman–Crippen LogP) is 2.08. The van der Waals surface area contributed by atoms with Gasteiger partial charge in [-0.25, -0.2) is 9.07 Å². The largest absolute Gasteiger partial charge is 0.396 e. The Morgan fingerprint density at radius 2 is 2.00 bits per heavy atom. The Labute approximate surface area is 139 Å². The summed E-state index contributed by atoms with van der Waals surface area (Å²) in [5.74, 6) is -0.544. The number of nitrogens with one attached hydrogen (secondary N) is 1. The molecule has 2 unspecified atom stereocenters. The van der Waals surface area contributed by atoms with Gasteiger partial charge in [-0.05, 0) is 37.1 Å². The van der Waals surface area contributed by atoms with Gasteiger partial charge < -0.3 is 10.4 Å². The molecule has 0 spiro atoms. The van der Waals surface area contributed by atoms with Crippen molar-refractivity contribution in [1.82, 2.24) is 20.3 Å². The van der Waals surface area contributed by atoms with E-state index in [1.807, 2.05) is 0 Å². The van der Waals surface area contributed by atoms with E-state index in [2.05, 4.69) is 15.6 Å². The smallest absolute Gasteiger partial charge is 0.273 e. The molecule has 1 fully saturated rings. The molecule has 0 radical (unpaired) electrons. The molecule has 128 valence electrons. The third-order valence-electron chi connectivity index (χ3n) is 4.53. The van der Waals surface area contributed by atoms with Gasteiger partial charge in [-0.1, -0.05) is 24.5 Å². The van der Waals surface area contributed by atoms with E-state index in [-0.39, 0.29) is 36.0 Å². The lowest BCUT2D eigenvalue weighted by Crippen LogP contribution is -2.41. The van der Waals surface area contributed by atoms with Crippen LogP contribution in [0, 0.1) is 11.7 Å². The summed E-state index contributed by atoms with van der Waals surface area (Å²) in [6.45, 7) is 0.0766. The van der Waals surface area contributed by atoms with Crippen LogP contribution in [0.15, 0.2) is 30.5 Å². The number of aliphatic hydroxyl groups excluding tert-OH is 1. The average Bonchev–Trinajstić information content (AvgIpc) is 2.97. The number of carbonyl (C=O) groups excluding carboxylic acids is 1. The van der Waals surface area contributed by atoms with Crippen LogP contribution in [0.3, 0.4) is 0 Å². The van der Waals surface area contributed by atoms with E-state index in [0.717, 1.165) is 32.1 Å². The van der Waals surface area contributed by atoms with Gasteiger partial charge in [0, 0.05) is 18.6 Å². The maximum absolute atomic E-state index is 13.0. The zero-order valence-corrected chi connectivity index (χ0v) is 13.4. The number of carbonyl (C=O) groups is 1. The zero-order chi connectivity index (χ0) is 16.9. The SMILES string of the molecule is O=C(NC1CCCCCC1CO)c1cn(-c2ccc(F)cc2)nn1. The number of rotatable bonds is 4. The monoisotopic (exact) mass is 332 g/mol. The molecule has 1 aromatic heterocycles. The van der Waals surface area contributed by atoms with E-state index in [9.17, 15) is 14.3 Å². The Bertz CT molecular complexity index is 686. The molecule has 1 amide bonds. The second-order valence-corrected chi connectivity index (χ2v) is 6.19. The van der Waals surface area contributed by atoms with Crippen LogP contribution < -0.4 is 5.32 Å². The lowest BCUT2D eigenvalue weighted by molar-refractivity contribution is 0.0894. The van der Waals surface area contributed by atoms with Gasteiger partial charge in [0.25, 0.3) is 5.91 Å². The first-order valence-corrected chi connectivity index (χ1v) is 8.27. The second kappa shape index (κ2) is 7.53. The second-order valence-electron chi connectivity index (χ2n) is 6.19. The third-order valence-corrected chi connectivity index (χ3v) is 4.53. The molecule has 24 heavy (non-hydrogen) atoms. The molecule has 0 bridgehead atoms. The summed E-state index contributed by atoms with van der Waals surface area (Å²) in [5.41, 5.74) is 0.839. The lowest BCUT2D eigenvalue weighted by atomic mass is 9.95. The molecule has 2 atom stereocenters. The number of nitrogens with zero attached hydrogens (tertiary/aromatic N) is 3. The molecule has 1 saturated carbocycles. The van der Waals surface area contributed by atoms with Crippen molar-refractivity contribution >= 4 is 5.91 Å². The van der Waals surface area contributed by atoms with Crippen molar-refractivity contribution in [3.8, 4) is 5.69 Å². The molecule has 6 nitrogen and oxygen atoms in total. The van der Waals surface area contributed by atoms with Crippen molar-refractivity contribution in [3.63, 3.8) is 0 Å². The van der Waals surface area contributed by atoms with Crippen LogP contribution in [0.1, 0.15) is 42.6 Å². The van der Waals surface area contributed by atoms with Crippen molar-refractivity contribution in [2.45, 2.75) is 38.1 Å². The van der Waals surface area contributed by atoms with Gasteiger partial charge >= 0.3 is 0 Å². The van der Waals surface area contributed by atoms with Crippen LogP contribution in [-0.4, -0.2) is 38.7 Å². The minimum atomic E-state index is -0.333. The fourth-order valence-corrected chi connectivity index (χ4v) is 3.12. The van der Waals surface area contributed by atoms with Crippen LogP contribution in [-0.2, 0) is 0 Å². The van der Waals surface area contributed by atoms with Gasteiger partial charge in [-0.2, -0.15) is 0 Å². The summed E-state index contributed by atoms with van der Waals surface area (Å²) < 4.78 is 14.4. The van der Waals surface area contributed by atoms with Crippen LogP contribution in [0.25, 0.3) is 5.69 Å². The van der Waals surface area contributed by atoms with E-state index in [0.29, 0.717) is 5.69 Å².